The minimum atomic E-state index is -0.269. The second kappa shape index (κ2) is 8.74. The molecule has 1 heterocycles. The zero-order chi connectivity index (χ0) is 18.3. The van der Waals surface area contributed by atoms with Crippen LogP contribution in [0.4, 0.5) is 9.59 Å². The van der Waals surface area contributed by atoms with Crippen LogP contribution in [-0.2, 0) is 10.2 Å². The van der Waals surface area contributed by atoms with Crippen LogP contribution in [0.1, 0.15) is 39.2 Å². The molecule has 1 fully saturated rings. The molecule has 0 aliphatic carbocycles. The van der Waals surface area contributed by atoms with Gasteiger partial charge >= 0.3 is 12.1 Å². The normalized spacial score (nSPS) is 15.6. The summed E-state index contributed by atoms with van der Waals surface area (Å²) < 4.78 is 5.00. The number of hydrogen-bond acceptors (Lipinski definition) is 3. The third kappa shape index (κ3) is 5.66. The third-order valence-electron chi connectivity index (χ3n) is 4.60. The lowest BCUT2D eigenvalue weighted by atomic mass is 9.85. The molecule has 3 amide bonds. The Balaban J connectivity index is 1.73. The molecule has 1 aromatic rings. The molecule has 0 radical (unpaired) electrons. The number of benzene rings is 1. The molecular weight excluding hydrogens is 318 g/mol. The van der Waals surface area contributed by atoms with E-state index in [4.69, 9.17) is 4.74 Å². The van der Waals surface area contributed by atoms with Crippen molar-refractivity contribution in [2.75, 3.05) is 26.2 Å². The molecule has 6 nitrogen and oxygen atoms in total. The van der Waals surface area contributed by atoms with Crippen LogP contribution >= 0.6 is 0 Å². The van der Waals surface area contributed by atoms with Crippen LogP contribution in [0.2, 0.25) is 0 Å². The van der Waals surface area contributed by atoms with Gasteiger partial charge < -0.3 is 20.3 Å². The summed E-state index contributed by atoms with van der Waals surface area (Å²) in [5, 5.41) is 5.97. The fraction of sp³-hybridized carbons (Fsp3) is 0.579. The van der Waals surface area contributed by atoms with E-state index in [1.54, 1.807) is 11.8 Å². The predicted octanol–water partition coefficient (Wildman–Crippen LogP) is 2.88. The molecular formula is C19H29N3O3. The van der Waals surface area contributed by atoms with Gasteiger partial charge in [-0.1, -0.05) is 44.2 Å². The van der Waals surface area contributed by atoms with Gasteiger partial charge in [0.1, 0.15) is 0 Å². The largest absolute Gasteiger partial charge is 0.450 e. The van der Waals surface area contributed by atoms with E-state index in [1.807, 2.05) is 18.2 Å². The number of piperidine rings is 1. The van der Waals surface area contributed by atoms with Gasteiger partial charge in [0.2, 0.25) is 0 Å². The van der Waals surface area contributed by atoms with Crippen LogP contribution in [-0.4, -0.2) is 49.3 Å². The summed E-state index contributed by atoms with van der Waals surface area (Å²) >= 11 is 0. The van der Waals surface area contributed by atoms with E-state index in [1.165, 1.54) is 5.56 Å². The average molecular weight is 347 g/mol. The number of urea groups is 1. The van der Waals surface area contributed by atoms with Crippen LogP contribution in [0.3, 0.4) is 0 Å². The quantitative estimate of drug-likeness (QED) is 0.860. The highest BCUT2D eigenvalue weighted by Crippen LogP contribution is 2.21. The van der Waals surface area contributed by atoms with Gasteiger partial charge in [-0.25, -0.2) is 9.59 Å². The summed E-state index contributed by atoms with van der Waals surface area (Å²) in [7, 11) is 0. The van der Waals surface area contributed by atoms with Crippen LogP contribution < -0.4 is 10.6 Å². The van der Waals surface area contributed by atoms with E-state index in [-0.39, 0.29) is 23.6 Å². The summed E-state index contributed by atoms with van der Waals surface area (Å²) in [6, 6.07) is 10.1. The summed E-state index contributed by atoms with van der Waals surface area (Å²) in [4.78, 5) is 25.6. The second-order valence-corrected chi connectivity index (χ2v) is 7.04. The standard InChI is InChI=1S/C19H29N3O3/c1-4-25-18(24)22-12-10-16(11-13-22)21-17(23)20-14-19(2,3)15-8-6-5-7-9-15/h5-9,16H,4,10-14H2,1-3H3,(H2,20,21,23). The highest BCUT2D eigenvalue weighted by atomic mass is 16.6. The predicted molar refractivity (Wildman–Crippen MR) is 97.6 cm³/mol. The number of nitrogens with one attached hydrogen (secondary N) is 2. The summed E-state index contributed by atoms with van der Waals surface area (Å²) in [6.07, 6.45) is 1.22. The molecule has 2 N–H and O–H groups in total. The van der Waals surface area contributed by atoms with E-state index in [2.05, 4.69) is 36.6 Å². The first-order chi connectivity index (χ1) is 11.9. The van der Waals surface area contributed by atoms with Crippen LogP contribution in [0.25, 0.3) is 0 Å². The molecule has 2 rings (SSSR count). The first-order valence-electron chi connectivity index (χ1n) is 8.94. The Hall–Kier alpha value is -2.24. The molecule has 1 aliphatic heterocycles. The van der Waals surface area contributed by atoms with Crippen molar-refractivity contribution in [1.82, 2.24) is 15.5 Å². The molecule has 1 aliphatic rings. The molecule has 138 valence electrons. The monoisotopic (exact) mass is 347 g/mol. The Morgan fingerprint density at radius 3 is 2.44 bits per heavy atom. The Morgan fingerprint density at radius 1 is 1.20 bits per heavy atom. The van der Waals surface area contributed by atoms with Crippen LogP contribution in [0.5, 0.6) is 0 Å². The van der Waals surface area contributed by atoms with Crippen molar-refractivity contribution in [3.8, 4) is 0 Å². The van der Waals surface area contributed by atoms with E-state index in [9.17, 15) is 9.59 Å². The number of amides is 3. The molecule has 1 saturated heterocycles. The smallest absolute Gasteiger partial charge is 0.409 e. The molecule has 0 bridgehead atoms. The lowest BCUT2D eigenvalue weighted by molar-refractivity contribution is 0.0957. The van der Waals surface area contributed by atoms with Gasteiger partial charge in [-0.15, -0.1) is 0 Å². The SMILES string of the molecule is CCOC(=O)N1CCC(NC(=O)NCC(C)(C)c2ccccc2)CC1. The van der Waals surface area contributed by atoms with Crippen LogP contribution in [0, 0.1) is 0 Å². The van der Waals surface area contributed by atoms with Crippen molar-refractivity contribution in [1.29, 1.82) is 0 Å². The number of rotatable bonds is 5. The lowest BCUT2D eigenvalue weighted by Gasteiger charge is -2.32. The fourth-order valence-electron chi connectivity index (χ4n) is 2.95. The number of carbonyl (C=O) groups is 2. The van der Waals surface area contributed by atoms with Gasteiger partial charge in [-0.3, -0.25) is 0 Å². The Bertz CT molecular complexity index is 567. The minimum absolute atomic E-state index is 0.0884. The molecule has 0 saturated carbocycles. The topological polar surface area (TPSA) is 70.7 Å². The highest BCUT2D eigenvalue weighted by Gasteiger charge is 2.25. The number of nitrogens with zero attached hydrogens (tertiary/aromatic N) is 1. The van der Waals surface area contributed by atoms with Gasteiger partial charge in [-0.2, -0.15) is 0 Å². The Kier molecular flexibility index (Phi) is 6.67. The van der Waals surface area contributed by atoms with Crippen LogP contribution in [0.15, 0.2) is 30.3 Å². The number of hydrogen-bond donors (Lipinski definition) is 2. The molecule has 1 aromatic carbocycles. The Labute approximate surface area is 149 Å². The molecule has 6 heteroatoms. The maximum atomic E-state index is 12.2. The Morgan fingerprint density at radius 2 is 1.84 bits per heavy atom. The van der Waals surface area contributed by atoms with E-state index in [0.29, 0.717) is 26.2 Å². The molecule has 0 aromatic heterocycles. The highest BCUT2D eigenvalue weighted by molar-refractivity contribution is 5.74. The zero-order valence-corrected chi connectivity index (χ0v) is 15.4. The number of likely N-dealkylation sites (tertiary alicyclic amines) is 1. The molecule has 0 spiro atoms. The van der Waals surface area contributed by atoms with Gasteiger partial charge in [0.05, 0.1) is 6.61 Å². The third-order valence-corrected chi connectivity index (χ3v) is 4.60. The van der Waals surface area contributed by atoms with E-state index < -0.39 is 0 Å². The molecule has 0 atom stereocenters. The molecule has 0 unspecified atom stereocenters. The van der Waals surface area contributed by atoms with E-state index >= 15 is 0 Å². The van der Waals surface area contributed by atoms with Crippen molar-refractivity contribution in [2.24, 2.45) is 0 Å². The summed E-state index contributed by atoms with van der Waals surface area (Å²) in [6.45, 7) is 8.19. The van der Waals surface area contributed by atoms with Gasteiger partial charge in [0.15, 0.2) is 0 Å². The van der Waals surface area contributed by atoms with Gasteiger partial charge in [0, 0.05) is 31.1 Å². The first kappa shape index (κ1) is 19.1. The summed E-state index contributed by atoms with van der Waals surface area (Å²) in [5.74, 6) is 0. The second-order valence-electron chi connectivity index (χ2n) is 7.04. The number of ether oxygens (including phenoxy) is 1. The molecule has 25 heavy (non-hydrogen) atoms. The van der Waals surface area contributed by atoms with E-state index in [0.717, 1.165) is 12.8 Å². The maximum Gasteiger partial charge on any atom is 0.409 e. The van der Waals surface area contributed by atoms with Gasteiger partial charge in [0.25, 0.3) is 0 Å². The van der Waals surface area contributed by atoms with Crippen molar-refractivity contribution in [3.63, 3.8) is 0 Å². The number of carbonyl (C=O) groups excluding carboxylic acids is 2. The van der Waals surface area contributed by atoms with Crippen molar-refractivity contribution >= 4 is 12.1 Å². The van der Waals surface area contributed by atoms with Crippen molar-refractivity contribution in [3.05, 3.63) is 35.9 Å². The van der Waals surface area contributed by atoms with Crippen molar-refractivity contribution < 1.29 is 14.3 Å². The summed E-state index contributed by atoms with van der Waals surface area (Å²) in [5.41, 5.74) is 1.06. The minimum Gasteiger partial charge on any atom is -0.450 e. The van der Waals surface area contributed by atoms with Gasteiger partial charge in [-0.05, 0) is 25.3 Å². The first-order valence-corrected chi connectivity index (χ1v) is 8.94. The zero-order valence-electron chi connectivity index (χ0n) is 15.4. The lowest BCUT2D eigenvalue weighted by Crippen LogP contribution is -2.50. The fourth-order valence-corrected chi connectivity index (χ4v) is 2.95. The van der Waals surface area contributed by atoms with Crippen molar-refractivity contribution in [2.45, 2.75) is 45.1 Å². The maximum absolute atomic E-state index is 12.2. The average Bonchev–Trinajstić information content (AvgIpc) is 2.62.